The van der Waals surface area contributed by atoms with Gasteiger partial charge in [-0.3, -0.25) is 0 Å². The molecule has 0 fully saturated rings. The summed E-state index contributed by atoms with van der Waals surface area (Å²) in [6, 6.07) is 7.44. The maximum atomic E-state index is 11.9. The lowest BCUT2D eigenvalue weighted by molar-refractivity contribution is 0.0526. The average Bonchev–Trinajstić information content (AvgIpc) is 2.46. The van der Waals surface area contributed by atoms with Gasteiger partial charge in [-0.05, 0) is 48.4 Å². The zero-order valence-corrected chi connectivity index (χ0v) is 12.1. The van der Waals surface area contributed by atoms with Crippen LogP contribution < -0.4 is 9.47 Å². The van der Waals surface area contributed by atoms with Gasteiger partial charge in [0.25, 0.3) is 0 Å². The van der Waals surface area contributed by atoms with Crippen LogP contribution in [0.4, 0.5) is 0 Å². The first-order valence-corrected chi connectivity index (χ1v) is 6.44. The molecule has 0 N–H and O–H groups in total. The number of methoxy groups -OCH3 is 2. The Balaban J connectivity index is 2.63. The minimum absolute atomic E-state index is 0.304. The Kier molecular flexibility index (Phi) is 4.13. The van der Waals surface area contributed by atoms with Crippen LogP contribution in [0.15, 0.2) is 24.3 Å². The Morgan fingerprint density at radius 2 is 1.75 bits per heavy atom. The van der Waals surface area contributed by atoms with Gasteiger partial charge >= 0.3 is 5.97 Å². The van der Waals surface area contributed by atoms with Gasteiger partial charge in [0.2, 0.25) is 0 Å². The van der Waals surface area contributed by atoms with Crippen molar-refractivity contribution in [1.82, 2.24) is 0 Å². The first-order chi connectivity index (χ1) is 9.62. The van der Waals surface area contributed by atoms with Crippen LogP contribution in [0.5, 0.6) is 11.5 Å². The quantitative estimate of drug-likeness (QED) is 0.802. The van der Waals surface area contributed by atoms with Crippen LogP contribution in [0.3, 0.4) is 0 Å². The first-order valence-electron chi connectivity index (χ1n) is 6.44. The number of hydrogen-bond acceptors (Lipinski definition) is 4. The predicted molar refractivity (Wildman–Crippen MR) is 77.7 cm³/mol. The van der Waals surface area contributed by atoms with Gasteiger partial charge in [-0.2, -0.15) is 0 Å². The minimum Gasteiger partial charge on any atom is -0.493 e. The van der Waals surface area contributed by atoms with Crippen molar-refractivity contribution in [1.29, 1.82) is 0 Å². The summed E-state index contributed by atoms with van der Waals surface area (Å²) in [6.07, 6.45) is 0. The molecule has 0 unspecified atom stereocenters. The number of ether oxygens (including phenoxy) is 3. The smallest absolute Gasteiger partial charge is 0.338 e. The number of carbonyl (C=O) groups is 1. The maximum absolute atomic E-state index is 11.9. The highest BCUT2D eigenvalue weighted by Crippen LogP contribution is 2.34. The van der Waals surface area contributed by atoms with Crippen molar-refractivity contribution in [2.45, 2.75) is 13.8 Å². The van der Waals surface area contributed by atoms with Crippen molar-refractivity contribution in [3.05, 3.63) is 35.4 Å². The summed E-state index contributed by atoms with van der Waals surface area (Å²) in [5, 5.41) is 1.95. The predicted octanol–water partition coefficient (Wildman–Crippen LogP) is 3.34. The van der Waals surface area contributed by atoms with E-state index in [9.17, 15) is 4.79 Å². The zero-order valence-electron chi connectivity index (χ0n) is 12.1. The number of carbonyl (C=O) groups excluding carboxylic acids is 1. The van der Waals surface area contributed by atoms with Gasteiger partial charge in [0.15, 0.2) is 11.5 Å². The largest absolute Gasteiger partial charge is 0.493 e. The van der Waals surface area contributed by atoms with Crippen LogP contribution in [0.1, 0.15) is 22.8 Å². The molecule has 0 aromatic heterocycles. The Bertz CT molecular complexity index is 646. The van der Waals surface area contributed by atoms with E-state index in [2.05, 4.69) is 0 Å². The summed E-state index contributed by atoms with van der Waals surface area (Å²) in [5.74, 6) is 1.01. The van der Waals surface area contributed by atoms with E-state index in [1.165, 1.54) is 0 Å². The molecule has 106 valence electrons. The Morgan fingerprint density at radius 1 is 1.10 bits per heavy atom. The molecule has 0 saturated carbocycles. The molecule has 0 saturated heterocycles. The van der Waals surface area contributed by atoms with Gasteiger partial charge in [0, 0.05) is 0 Å². The third-order valence-electron chi connectivity index (χ3n) is 3.29. The molecule has 0 aliphatic heterocycles. The van der Waals surface area contributed by atoms with Gasteiger partial charge < -0.3 is 14.2 Å². The van der Waals surface area contributed by atoms with Gasteiger partial charge in [-0.1, -0.05) is 6.07 Å². The molecule has 0 bridgehead atoms. The Labute approximate surface area is 118 Å². The van der Waals surface area contributed by atoms with E-state index in [1.54, 1.807) is 27.2 Å². The van der Waals surface area contributed by atoms with Crippen LogP contribution in [-0.2, 0) is 4.74 Å². The van der Waals surface area contributed by atoms with Crippen molar-refractivity contribution in [2.24, 2.45) is 0 Å². The first kappa shape index (κ1) is 14.2. The third kappa shape index (κ3) is 2.41. The van der Waals surface area contributed by atoms with E-state index in [4.69, 9.17) is 14.2 Å². The van der Waals surface area contributed by atoms with Gasteiger partial charge in [-0.15, -0.1) is 0 Å². The van der Waals surface area contributed by atoms with Gasteiger partial charge in [0.1, 0.15) is 0 Å². The summed E-state index contributed by atoms with van der Waals surface area (Å²) >= 11 is 0. The van der Waals surface area contributed by atoms with Crippen LogP contribution in [0.25, 0.3) is 10.8 Å². The molecule has 20 heavy (non-hydrogen) atoms. The number of fused-ring (bicyclic) bond motifs is 1. The van der Waals surface area contributed by atoms with E-state index < -0.39 is 0 Å². The fraction of sp³-hybridized carbons (Fsp3) is 0.312. The second-order valence-electron chi connectivity index (χ2n) is 4.39. The highest BCUT2D eigenvalue weighted by atomic mass is 16.5. The molecule has 4 heteroatoms. The monoisotopic (exact) mass is 274 g/mol. The Hall–Kier alpha value is -2.23. The van der Waals surface area contributed by atoms with Crippen molar-refractivity contribution in [3.8, 4) is 11.5 Å². The van der Waals surface area contributed by atoms with Crippen LogP contribution in [0, 0.1) is 6.92 Å². The molecule has 0 heterocycles. The fourth-order valence-electron chi connectivity index (χ4n) is 2.23. The lowest BCUT2D eigenvalue weighted by atomic mass is 9.99. The standard InChI is InChI=1S/C16H18O4/c1-5-20-16(17)12-7-6-11-8-14(18-3)15(19-4)9-13(11)10(12)2/h6-9H,5H2,1-4H3. The molecule has 2 aromatic rings. The maximum Gasteiger partial charge on any atom is 0.338 e. The average molecular weight is 274 g/mol. The van der Waals surface area contributed by atoms with Crippen LogP contribution in [0.2, 0.25) is 0 Å². The van der Waals surface area contributed by atoms with Crippen molar-refractivity contribution < 1.29 is 19.0 Å². The van der Waals surface area contributed by atoms with E-state index >= 15 is 0 Å². The Morgan fingerprint density at radius 3 is 2.35 bits per heavy atom. The summed E-state index contributed by atoms with van der Waals surface area (Å²) in [6.45, 7) is 4.06. The summed E-state index contributed by atoms with van der Waals surface area (Å²) < 4.78 is 15.7. The molecule has 2 rings (SSSR count). The highest BCUT2D eigenvalue weighted by Gasteiger charge is 2.14. The normalized spacial score (nSPS) is 10.4. The van der Waals surface area contributed by atoms with Crippen molar-refractivity contribution >= 4 is 16.7 Å². The number of benzene rings is 2. The van der Waals surface area contributed by atoms with Gasteiger partial charge in [-0.25, -0.2) is 4.79 Å². The lowest BCUT2D eigenvalue weighted by Gasteiger charge is -2.12. The van der Waals surface area contributed by atoms with E-state index in [-0.39, 0.29) is 5.97 Å². The van der Waals surface area contributed by atoms with E-state index in [0.717, 1.165) is 16.3 Å². The van der Waals surface area contributed by atoms with Crippen LogP contribution in [-0.4, -0.2) is 26.8 Å². The molecule has 0 aliphatic carbocycles. The topological polar surface area (TPSA) is 44.8 Å². The third-order valence-corrected chi connectivity index (χ3v) is 3.29. The molecule has 4 nitrogen and oxygen atoms in total. The molecule has 0 spiro atoms. The second kappa shape index (κ2) is 5.82. The molecular formula is C16H18O4. The van der Waals surface area contributed by atoms with E-state index in [1.807, 2.05) is 25.1 Å². The molecule has 0 aliphatic rings. The molecule has 2 aromatic carbocycles. The molecule has 0 atom stereocenters. The molecule has 0 amide bonds. The zero-order chi connectivity index (χ0) is 14.7. The minimum atomic E-state index is -0.304. The van der Waals surface area contributed by atoms with Crippen molar-refractivity contribution in [3.63, 3.8) is 0 Å². The number of rotatable bonds is 4. The highest BCUT2D eigenvalue weighted by molar-refractivity contribution is 5.99. The molecule has 0 radical (unpaired) electrons. The number of hydrogen-bond donors (Lipinski definition) is 0. The SMILES string of the molecule is CCOC(=O)c1ccc2cc(OC)c(OC)cc2c1C. The summed E-state index contributed by atoms with van der Waals surface area (Å²) in [7, 11) is 3.19. The number of aryl methyl sites for hydroxylation is 1. The van der Waals surface area contributed by atoms with E-state index in [0.29, 0.717) is 23.7 Å². The van der Waals surface area contributed by atoms with Crippen molar-refractivity contribution in [2.75, 3.05) is 20.8 Å². The molecular weight excluding hydrogens is 256 g/mol. The fourth-order valence-corrected chi connectivity index (χ4v) is 2.23. The number of esters is 1. The van der Waals surface area contributed by atoms with Crippen LogP contribution >= 0.6 is 0 Å². The summed E-state index contributed by atoms with van der Waals surface area (Å²) in [4.78, 5) is 11.9. The second-order valence-corrected chi connectivity index (χ2v) is 4.39. The summed E-state index contributed by atoms with van der Waals surface area (Å²) in [5.41, 5.74) is 1.45. The lowest BCUT2D eigenvalue weighted by Crippen LogP contribution is -2.06. The van der Waals surface area contributed by atoms with Gasteiger partial charge in [0.05, 0.1) is 26.4 Å².